The molecule has 1 amide bonds. The zero-order valence-corrected chi connectivity index (χ0v) is 44.3. The number of carbonyl (C=O) groups is 2. The number of hydrogen-bond donors (Lipinski definition) is 1. The lowest BCUT2D eigenvalue weighted by Gasteiger charge is -2.44. The first kappa shape index (κ1) is 51.8. The smallest absolute Gasteiger partial charge is 0.234 e. The van der Waals surface area contributed by atoms with E-state index in [4.69, 9.17) is 23.2 Å². The molecule has 72 heavy (non-hydrogen) atoms. The molecule has 4 atom stereocenters. The zero-order chi connectivity index (χ0) is 49.8. The van der Waals surface area contributed by atoms with E-state index in [1.54, 1.807) is 0 Å². The Morgan fingerprint density at radius 1 is 0.597 bits per heavy atom. The molecule has 1 N–H and O–H groups in total. The number of nitrogens with one attached hydrogen (secondary N) is 1. The highest BCUT2D eigenvalue weighted by molar-refractivity contribution is 8.00. The van der Waals surface area contributed by atoms with E-state index in [2.05, 4.69) is 203 Å². The normalized spacial score (nSPS) is 18.0. The summed E-state index contributed by atoms with van der Waals surface area (Å²) < 4.78 is -0.923. The topological polar surface area (TPSA) is 52.7 Å². The van der Waals surface area contributed by atoms with Crippen LogP contribution in [-0.4, -0.2) is 77.8 Å². The van der Waals surface area contributed by atoms with E-state index in [0.717, 1.165) is 56.6 Å². The Labute approximate surface area is 446 Å². The predicted octanol–water partition coefficient (Wildman–Crippen LogP) is 14.2. The van der Waals surface area contributed by atoms with Gasteiger partial charge in [-0.15, -0.1) is 23.5 Å². The molecule has 0 spiro atoms. The number of halogens is 2. The molecule has 7 aromatic rings. The molecular weight excluding hydrogens is 966 g/mol. The average molecular weight is 1030 g/mol. The van der Waals surface area contributed by atoms with E-state index in [0.29, 0.717) is 47.1 Å². The van der Waals surface area contributed by atoms with Crippen LogP contribution in [0, 0.1) is 5.92 Å². The van der Waals surface area contributed by atoms with Crippen LogP contribution in [0.2, 0.25) is 10.0 Å². The van der Waals surface area contributed by atoms with Gasteiger partial charge in [0, 0.05) is 49.0 Å². The number of Topliss-reactive ketones (excluding diaryl/α,β-unsaturated/α-hetero) is 1. The molecule has 0 radical (unpaired) electrons. The third-order valence-corrected chi connectivity index (χ3v) is 18.8. The van der Waals surface area contributed by atoms with Crippen molar-refractivity contribution in [2.45, 2.75) is 66.5 Å². The number of thioether (sulfide) groups is 2. The fourth-order valence-corrected chi connectivity index (χ4v) is 15.0. The van der Waals surface area contributed by atoms with Crippen LogP contribution in [0.1, 0.15) is 83.9 Å². The number of carbonyl (C=O) groups excluding carboxylic acids is 2. The van der Waals surface area contributed by atoms with Crippen molar-refractivity contribution < 1.29 is 9.59 Å². The number of piperidine rings is 1. The molecule has 0 saturated carbocycles. The van der Waals surface area contributed by atoms with Crippen LogP contribution in [0.4, 0.5) is 0 Å². The van der Waals surface area contributed by atoms with Gasteiger partial charge >= 0.3 is 0 Å². The van der Waals surface area contributed by atoms with Gasteiger partial charge in [-0.05, 0) is 95.8 Å². The Kier molecular flexibility index (Phi) is 17.8. The van der Waals surface area contributed by atoms with Gasteiger partial charge in [0.15, 0.2) is 0 Å². The van der Waals surface area contributed by atoms with Crippen LogP contribution in [0.15, 0.2) is 200 Å². The lowest BCUT2D eigenvalue weighted by Crippen LogP contribution is -2.51. The van der Waals surface area contributed by atoms with Crippen LogP contribution < -0.4 is 5.32 Å². The average Bonchev–Trinajstić information content (AvgIpc) is 3.71. The molecule has 2 aliphatic rings. The summed E-state index contributed by atoms with van der Waals surface area (Å²) in [6.07, 6.45) is 4.42. The molecule has 370 valence electrons. The summed E-state index contributed by atoms with van der Waals surface area (Å²) >= 11 is 16.7. The zero-order valence-electron chi connectivity index (χ0n) is 41.1. The Hall–Kier alpha value is -5.12. The third kappa shape index (κ3) is 11.5. The maximum atomic E-state index is 14.3. The quantitative estimate of drug-likeness (QED) is 0.0509. The Balaban J connectivity index is 0.936. The van der Waals surface area contributed by atoms with Gasteiger partial charge in [-0.1, -0.05) is 218 Å². The van der Waals surface area contributed by atoms with E-state index in [9.17, 15) is 9.59 Å². The van der Waals surface area contributed by atoms with Gasteiger partial charge in [-0.3, -0.25) is 19.4 Å². The van der Waals surface area contributed by atoms with Crippen molar-refractivity contribution in [1.82, 2.24) is 15.1 Å². The molecule has 0 aromatic heterocycles. The Bertz CT molecular complexity index is 2620. The fraction of sp³-hybridized carbons (Fsp3) is 0.302. The molecular formula is C63H65Cl2N3O2S2. The first-order valence-electron chi connectivity index (χ1n) is 25.7. The van der Waals surface area contributed by atoms with E-state index >= 15 is 0 Å². The van der Waals surface area contributed by atoms with Gasteiger partial charge in [-0.25, -0.2) is 0 Å². The van der Waals surface area contributed by atoms with Gasteiger partial charge in [0.2, 0.25) is 5.91 Å². The lowest BCUT2D eigenvalue weighted by atomic mass is 9.73. The number of fused-ring (bicyclic) bond motifs is 2. The minimum absolute atomic E-state index is 0.0295. The summed E-state index contributed by atoms with van der Waals surface area (Å²) in [6, 6.07) is 71.2. The highest BCUT2D eigenvalue weighted by Crippen LogP contribution is 2.51. The lowest BCUT2D eigenvalue weighted by molar-refractivity contribution is -0.127. The standard InChI is InChI=1S/C63H65Cl2N3O2S2/c1-2-59(69)61-55(47-34-36-56(64)57(65)44-47)45-54-35-37-58(61)68(54)40-21-39-67(41-43-72-63(51-28-15-6-16-29-51,52-30-17-7-18-31-52)53-32-19-8-20-33-53)46-60(70)66-38-42-71-62(48-22-9-3-10-23-48,49-24-11-4-12-25-49)50-26-13-5-14-27-50/h3-20,22-34,36,44,54-55,58,61H,2,21,35,37-43,45-46H2,1H3,(H,66,70)/t54-,55+,58+,61-/m0/s1. The number of amides is 1. The molecule has 9 heteroatoms. The van der Waals surface area contributed by atoms with Crippen molar-refractivity contribution in [1.29, 1.82) is 0 Å². The van der Waals surface area contributed by atoms with Crippen molar-refractivity contribution in [3.05, 3.63) is 249 Å². The highest BCUT2D eigenvalue weighted by Gasteiger charge is 2.49. The molecule has 2 fully saturated rings. The number of nitrogens with zero attached hydrogens (tertiary/aromatic N) is 2. The SMILES string of the molecule is CCC(=O)[C@H]1[C@@H](c2ccc(Cl)c(Cl)c2)C[C@@H]2CC[C@H]1N2CCCN(CCSC(c1ccccc1)(c1ccccc1)c1ccccc1)CC(=O)NCCSC(c1ccccc1)(c1ccccc1)c1ccccc1. The van der Waals surface area contributed by atoms with E-state index in [-0.39, 0.29) is 23.8 Å². The van der Waals surface area contributed by atoms with Gasteiger partial charge in [0.1, 0.15) is 5.78 Å². The molecule has 2 saturated heterocycles. The summed E-state index contributed by atoms with van der Waals surface area (Å²) in [6.45, 7) is 5.18. The maximum Gasteiger partial charge on any atom is 0.234 e. The molecule has 5 nitrogen and oxygen atoms in total. The minimum Gasteiger partial charge on any atom is -0.354 e. The van der Waals surface area contributed by atoms with Crippen LogP contribution in [-0.2, 0) is 19.1 Å². The van der Waals surface area contributed by atoms with Gasteiger partial charge < -0.3 is 5.32 Å². The second-order valence-electron chi connectivity index (χ2n) is 19.1. The van der Waals surface area contributed by atoms with Gasteiger partial charge in [0.05, 0.1) is 26.1 Å². The number of ketones is 1. The second-order valence-corrected chi connectivity index (χ2v) is 22.6. The summed E-state index contributed by atoms with van der Waals surface area (Å²) in [7, 11) is 0. The van der Waals surface area contributed by atoms with E-state index < -0.39 is 9.49 Å². The van der Waals surface area contributed by atoms with Crippen molar-refractivity contribution in [2.75, 3.05) is 44.2 Å². The fourth-order valence-electron chi connectivity index (χ4n) is 11.7. The molecule has 0 unspecified atom stereocenters. The molecule has 2 heterocycles. The third-order valence-electron chi connectivity index (χ3n) is 15.0. The first-order chi connectivity index (χ1) is 35.3. The highest BCUT2D eigenvalue weighted by atomic mass is 35.5. The van der Waals surface area contributed by atoms with Crippen LogP contribution >= 0.6 is 46.7 Å². The number of rotatable bonds is 23. The molecule has 7 aromatic carbocycles. The van der Waals surface area contributed by atoms with Crippen molar-refractivity contribution in [3.63, 3.8) is 0 Å². The monoisotopic (exact) mass is 1030 g/mol. The van der Waals surface area contributed by atoms with Crippen molar-refractivity contribution in [2.24, 2.45) is 5.92 Å². The van der Waals surface area contributed by atoms with Crippen LogP contribution in [0.3, 0.4) is 0 Å². The van der Waals surface area contributed by atoms with Gasteiger partial charge in [-0.2, -0.15) is 0 Å². The van der Waals surface area contributed by atoms with Crippen LogP contribution in [0.5, 0.6) is 0 Å². The number of hydrogen-bond acceptors (Lipinski definition) is 6. The number of benzene rings is 7. The van der Waals surface area contributed by atoms with Crippen molar-refractivity contribution >= 4 is 58.4 Å². The molecule has 0 aliphatic carbocycles. The Morgan fingerprint density at radius 2 is 1.06 bits per heavy atom. The molecule has 2 bridgehead atoms. The first-order valence-corrected chi connectivity index (χ1v) is 28.4. The van der Waals surface area contributed by atoms with E-state index in [1.165, 1.54) is 33.4 Å². The van der Waals surface area contributed by atoms with E-state index in [1.807, 2.05) is 42.6 Å². The summed E-state index contributed by atoms with van der Waals surface area (Å²) in [5.74, 6) is 1.89. The van der Waals surface area contributed by atoms with Crippen LogP contribution in [0.25, 0.3) is 0 Å². The minimum atomic E-state index is -0.462. The van der Waals surface area contributed by atoms with Crippen molar-refractivity contribution in [3.8, 4) is 0 Å². The molecule has 2 aliphatic heterocycles. The molecule has 9 rings (SSSR count). The largest absolute Gasteiger partial charge is 0.354 e. The second kappa shape index (κ2) is 24.7. The summed E-state index contributed by atoms with van der Waals surface area (Å²) in [5, 5.41) is 4.45. The predicted molar refractivity (Wildman–Crippen MR) is 304 cm³/mol. The van der Waals surface area contributed by atoms with Gasteiger partial charge in [0.25, 0.3) is 0 Å². The summed E-state index contributed by atoms with van der Waals surface area (Å²) in [4.78, 5) is 33.2. The summed E-state index contributed by atoms with van der Waals surface area (Å²) in [5.41, 5.74) is 8.41. The maximum absolute atomic E-state index is 14.3. The Morgan fingerprint density at radius 3 is 1.50 bits per heavy atom.